The fourth-order valence-corrected chi connectivity index (χ4v) is 4.27. The van der Waals surface area contributed by atoms with Crippen molar-refractivity contribution < 1.29 is 18.3 Å². The highest BCUT2D eigenvalue weighted by atomic mass is 79.9. The third-order valence-corrected chi connectivity index (χ3v) is 6.26. The zero-order valence-electron chi connectivity index (χ0n) is 11.3. The van der Waals surface area contributed by atoms with Crippen LogP contribution in [0.5, 0.6) is 0 Å². The molecule has 1 N–H and O–H groups in total. The highest BCUT2D eigenvalue weighted by molar-refractivity contribution is 9.11. The van der Waals surface area contributed by atoms with Crippen molar-refractivity contribution in [3.8, 4) is 0 Å². The second kappa shape index (κ2) is 5.91. The Bertz CT molecular complexity index is 779. The highest BCUT2D eigenvalue weighted by Crippen LogP contribution is 2.24. The van der Waals surface area contributed by atoms with E-state index in [2.05, 4.69) is 15.9 Å². The molecule has 0 aromatic carbocycles. The van der Waals surface area contributed by atoms with Crippen molar-refractivity contribution in [2.75, 3.05) is 7.05 Å². The Labute approximate surface area is 134 Å². The Hall–Kier alpha value is -1.16. The summed E-state index contributed by atoms with van der Waals surface area (Å²) in [5, 5.41) is 10.9. The third kappa shape index (κ3) is 3.37. The first-order chi connectivity index (χ1) is 9.71. The van der Waals surface area contributed by atoms with Crippen LogP contribution in [-0.4, -0.2) is 35.4 Å². The molecule has 0 saturated heterocycles. The fraction of sp³-hybridized carbons (Fsp3) is 0.250. The molecule has 0 radical (unpaired) electrons. The lowest BCUT2D eigenvalue weighted by Gasteiger charge is -2.15. The summed E-state index contributed by atoms with van der Waals surface area (Å²) in [6.45, 7) is 0.224. The van der Waals surface area contributed by atoms with Gasteiger partial charge < -0.3 is 9.67 Å². The SMILES string of the molecule is CN(Cc1csc(Br)c1)S(=O)(=O)c1cc(C(=O)O)n(C)c1. The van der Waals surface area contributed by atoms with Gasteiger partial charge in [0.1, 0.15) is 10.6 Å². The van der Waals surface area contributed by atoms with Crippen LogP contribution in [0.3, 0.4) is 0 Å². The normalized spacial score (nSPS) is 12.0. The van der Waals surface area contributed by atoms with Gasteiger partial charge in [-0.25, -0.2) is 13.2 Å². The van der Waals surface area contributed by atoms with Crippen molar-refractivity contribution in [1.29, 1.82) is 0 Å². The van der Waals surface area contributed by atoms with Gasteiger partial charge in [0.05, 0.1) is 3.79 Å². The van der Waals surface area contributed by atoms with E-state index in [0.717, 1.165) is 15.4 Å². The monoisotopic (exact) mass is 392 g/mol. The molecular weight excluding hydrogens is 380 g/mol. The number of hydrogen-bond donors (Lipinski definition) is 1. The molecule has 6 nitrogen and oxygen atoms in total. The van der Waals surface area contributed by atoms with Gasteiger partial charge in [-0.15, -0.1) is 11.3 Å². The van der Waals surface area contributed by atoms with Crippen LogP contribution in [-0.2, 0) is 23.6 Å². The van der Waals surface area contributed by atoms with Crippen LogP contribution in [0.1, 0.15) is 16.1 Å². The number of thiophene rings is 1. The van der Waals surface area contributed by atoms with Crippen molar-refractivity contribution in [3.05, 3.63) is 38.8 Å². The van der Waals surface area contributed by atoms with Crippen molar-refractivity contribution in [2.24, 2.45) is 7.05 Å². The summed E-state index contributed by atoms with van der Waals surface area (Å²) in [7, 11) is -0.760. The summed E-state index contributed by atoms with van der Waals surface area (Å²) in [4.78, 5) is 11.0. The van der Waals surface area contributed by atoms with E-state index in [-0.39, 0.29) is 17.1 Å². The van der Waals surface area contributed by atoms with Crippen molar-refractivity contribution in [3.63, 3.8) is 0 Å². The number of aromatic carboxylic acids is 1. The van der Waals surface area contributed by atoms with E-state index in [1.807, 2.05) is 11.4 Å². The Morgan fingerprint density at radius 3 is 2.62 bits per heavy atom. The highest BCUT2D eigenvalue weighted by Gasteiger charge is 2.25. The van der Waals surface area contributed by atoms with Crippen molar-refractivity contribution in [1.82, 2.24) is 8.87 Å². The summed E-state index contributed by atoms with van der Waals surface area (Å²) in [5.41, 5.74) is 0.799. The maximum atomic E-state index is 12.4. The maximum Gasteiger partial charge on any atom is 0.352 e. The summed E-state index contributed by atoms with van der Waals surface area (Å²) >= 11 is 4.80. The first kappa shape index (κ1) is 16.2. The predicted octanol–water partition coefficient (Wildman–Crippen LogP) is 2.37. The number of aromatic nitrogens is 1. The summed E-state index contributed by atoms with van der Waals surface area (Å²) in [6, 6.07) is 3.02. The van der Waals surface area contributed by atoms with E-state index in [4.69, 9.17) is 5.11 Å². The standard InChI is InChI=1S/C12H13BrN2O4S2/c1-14-6-9(4-10(14)12(16)17)21(18,19)15(2)5-8-3-11(13)20-7-8/h3-4,6-7H,5H2,1-2H3,(H,16,17). The van der Waals surface area contributed by atoms with Gasteiger partial charge in [-0.3, -0.25) is 0 Å². The first-order valence-electron chi connectivity index (χ1n) is 5.80. The molecule has 0 atom stereocenters. The van der Waals surface area contributed by atoms with Gasteiger partial charge in [0.2, 0.25) is 10.0 Å². The predicted molar refractivity (Wildman–Crippen MR) is 83.0 cm³/mol. The molecule has 0 unspecified atom stereocenters. The minimum atomic E-state index is -3.72. The molecular formula is C12H13BrN2O4S2. The molecule has 0 aliphatic rings. The third-order valence-electron chi connectivity index (χ3n) is 2.93. The van der Waals surface area contributed by atoms with E-state index < -0.39 is 16.0 Å². The van der Waals surface area contributed by atoms with E-state index in [1.165, 1.54) is 40.5 Å². The van der Waals surface area contributed by atoms with E-state index in [0.29, 0.717) is 0 Å². The van der Waals surface area contributed by atoms with E-state index in [1.54, 1.807) is 0 Å². The van der Waals surface area contributed by atoms with Crippen LogP contribution in [0.15, 0.2) is 32.4 Å². The lowest BCUT2D eigenvalue weighted by molar-refractivity contribution is 0.0686. The minimum Gasteiger partial charge on any atom is -0.477 e. The average Bonchev–Trinajstić information content (AvgIpc) is 2.95. The molecule has 0 aliphatic heterocycles. The van der Waals surface area contributed by atoms with Crippen LogP contribution in [0.2, 0.25) is 0 Å². The largest absolute Gasteiger partial charge is 0.477 e. The summed E-state index contributed by atoms with van der Waals surface area (Å²) in [6.07, 6.45) is 1.30. The lowest BCUT2D eigenvalue weighted by Crippen LogP contribution is -2.26. The summed E-state index contributed by atoms with van der Waals surface area (Å²) in [5.74, 6) is -1.16. The van der Waals surface area contributed by atoms with Gasteiger partial charge in [-0.1, -0.05) is 0 Å². The molecule has 114 valence electrons. The Morgan fingerprint density at radius 1 is 1.48 bits per heavy atom. The number of carboxylic acid groups (broad SMARTS) is 1. The second-order valence-electron chi connectivity index (χ2n) is 4.50. The molecule has 0 saturated carbocycles. The van der Waals surface area contributed by atoms with Gasteiger partial charge in [0.15, 0.2) is 0 Å². The van der Waals surface area contributed by atoms with Crippen LogP contribution < -0.4 is 0 Å². The quantitative estimate of drug-likeness (QED) is 0.846. The molecule has 2 rings (SSSR count). The molecule has 0 aliphatic carbocycles. The van der Waals surface area contributed by atoms with E-state index >= 15 is 0 Å². The summed E-state index contributed by atoms with van der Waals surface area (Å²) < 4.78 is 28.3. The number of hydrogen-bond acceptors (Lipinski definition) is 4. The fourth-order valence-electron chi connectivity index (χ4n) is 1.84. The van der Waals surface area contributed by atoms with Gasteiger partial charge in [0, 0.05) is 26.8 Å². The average molecular weight is 393 g/mol. The number of sulfonamides is 1. The number of rotatable bonds is 5. The number of halogens is 1. The number of nitrogens with zero attached hydrogens (tertiary/aromatic N) is 2. The Kier molecular flexibility index (Phi) is 4.57. The number of aryl methyl sites for hydroxylation is 1. The van der Waals surface area contributed by atoms with Crippen molar-refractivity contribution >= 4 is 43.3 Å². The minimum absolute atomic E-state index is 0.0285. The van der Waals surface area contributed by atoms with E-state index in [9.17, 15) is 13.2 Å². The zero-order chi connectivity index (χ0) is 15.8. The second-order valence-corrected chi connectivity index (χ2v) is 8.83. The molecule has 2 aromatic rings. The Morgan fingerprint density at radius 2 is 2.14 bits per heavy atom. The lowest BCUT2D eigenvalue weighted by atomic mass is 10.3. The first-order valence-corrected chi connectivity index (χ1v) is 8.92. The molecule has 21 heavy (non-hydrogen) atoms. The smallest absolute Gasteiger partial charge is 0.352 e. The molecule has 9 heteroatoms. The van der Waals surface area contributed by atoms with Gasteiger partial charge in [-0.2, -0.15) is 4.31 Å². The van der Waals surface area contributed by atoms with Gasteiger partial charge in [-0.05, 0) is 39.0 Å². The molecule has 0 bridgehead atoms. The zero-order valence-corrected chi connectivity index (χ0v) is 14.5. The Balaban J connectivity index is 2.28. The molecule has 2 aromatic heterocycles. The topological polar surface area (TPSA) is 79.6 Å². The molecule has 0 fully saturated rings. The molecule has 0 amide bonds. The van der Waals surface area contributed by atoms with Crippen LogP contribution >= 0.6 is 27.3 Å². The van der Waals surface area contributed by atoms with Gasteiger partial charge in [0.25, 0.3) is 0 Å². The number of carboxylic acids is 1. The van der Waals surface area contributed by atoms with Crippen LogP contribution in [0.4, 0.5) is 0 Å². The van der Waals surface area contributed by atoms with Crippen molar-refractivity contribution in [2.45, 2.75) is 11.4 Å². The maximum absolute atomic E-state index is 12.4. The van der Waals surface area contributed by atoms with Crippen LogP contribution in [0, 0.1) is 0 Å². The van der Waals surface area contributed by atoms with Crippen LogP contribution in [0.25, 0.3) is 0 Å². The molecule has 2 heterocycles. The van der Waals surface area contributed by atoms with Gasteiger partial charge >= 0.3 is 5.97 Å². The molecule has 0 spiro atoms. The number of carbonyl (C=O) groups is 1.